The van der Waals surface area contributed by atoms with Gasteiger partial charge in [0.2, 0.25) is 5.96 Å². The number of aliphatic imine (C=N–C) groups is 1. The van der Waals surface area contributed by atoms with Crippen molar-refractivity contribution in [3.05, 3.63) is 24.5 Å². The third kappa shape index (κ3) is 5.50. The summed E-state index contributed by atoms with van der Waals surface area (Å²) in [6.45, 7) is 4.60. The SMILES string of the molecule is CC(C)CNC(=O)NC(N)=Nc1cccnc1. The van der Waals surface area contributed by atoms with Crippen molar-refractivity contribution in [2.24, 2.45) is 16.6 Å². The molecule has 0 bridgehead atoms. The first-order valence-corrected chi connectivity index (χ1v) is 5.37. The number of nitrogens with two attached hydrogens (primary N) is 1. The molecule has 0 aliphatic carbocycles. The molecule has 1 aromatic rings. The van der Waals surface area contributed by atoms with Crippen molar-refractivity contribution in [1.29, 1.82) is 0 Å². The van der Waals surface area contributed by atoms with E-state index in [0.29, 0.717) is 18.2 Å². The lowest BCUT2D eigenvalue weighted by Gasteiger charge is -2.08. The Bertz CT molecular complexity index is 388. The first kappa shape index (κ1) is 13.0. The van der Waals surface area contributed by atoms with Crippen LogP contribution in [0.15, 0.2) is 29.5 Å². The Balaban J connectivity index is 2.46. The van der Waals surface area contributed by atoms with Crippen LogP contribution in [-0.4, -0.2) is 23.5 Å². The van der Waals surface area contributed by atoms with Gasteiger partial charge in [-0.3, -0.25) is 10.3 Å². The molecule has 0 fully saturated rings. The molecular formula is C11H17N5O. The number of carbonyl (C=O) groups is 1. The highest BCUT2D eigenvalue weighted by Gasteiger charge is 2.02. The predicted molar refractivity (Wildman–Crippen MR) is 66.9 cm³/mol. The molecule has 17 heavy (non-hydrogen) atoms. The van der Waals surface area contributed by atoms with E-state index < -0.39 is 0 Å². The third-order valence-corrected chi connectivity index (χ3v) is 1.81. The van der Waals surface area contributed by atoms with Crippen molar-refractivity contribution >= 4 is 17.7 Å². The first-order valence-electron chi connectivity index (χ1n) is 5.37. The Hall–Kier alpha value is -2.11. The van der Waals surface area contributed by atoms with Gasteiger partial charge in [0.25, 0.3) is 0 Å². The number of aromatic nitrogens is 1. The summed E-state index contributed by atoms with van der Waals surface area (Å²) in [5, 5.41) is 5.11. The van der Waals surface area contributed by atoms with Crippen molar-refractivity contribution in [3.8, 4) is 0 Å². The molecule has 0 aliphatic heterocycles. The van der Waals surface area contributed by atoms with Gasteiger partial charge in [-0.05, 0) is 18.1 Å². The molecule has 1 heterocycles. The Morgan fingerprint density at radius 1 is 1.59 bits per heavy atom. The number of carbonyl (C=O) groups excluding carboxylic acids is 1. The quantitative estimate of drug-likeness (QED) is 0.538. The highest BCUT2D eigenvalue weighted by atomic mass is 16.2. The van der Waals surface area contributed by atoms with Crippen LogP contribution in [0.4, 0.5) is 10.5 Å². The number of pyridine rings is 1. The van der Waals surface area contributed by atoms with E-state index in [9.17, 15) is 4.79 Å². The van der Waals surface area contributed by atoms with Crippen LogP contribution in [0.5, 0.6) is 0 Å². The smallest absolute Gasteiger partial charge is 0.321 e. The van der Waals surface area contributed by atoms with E-state index in [-0.39, 0.29) is 12.0 Å². The molecule has 4 N–H and O–H groups in total. The summed E-state index contributed by atoms with van der Waals surface area (Å²) in [5.41, 5.74) is 6.16. The van der Waals surface area contributed by atoms with Crippen LogP contribution >= 0.6 is 0 Å². The molecule has 0 aliphatic rings. The molecule has 0 unspecified atom stereocenters. The topological polar surface area (TPSA) is 92.4 Å². The number of hydrogen-bond acceptors (Lipinski definition) is 3. The van der Waals surface area contributed by atoms with Gasteiger partial charge in [-0.25, -0.2) is 9.79 Å². The maximum atomic E-state index is 11.3. The molecule has 0 aromatic carbocycles. The maximum Gasteiger partial charge on any atom is 0.321 e. The second-order valence-corrected chi connectivity index (χ2v) is 3.94. The first-order chi connectivity index (χ1) is 8.08. The summed E-state index contributed by atoms with van der Waals surface area (Å²) in [6, 6.07) is 3.13. The molecule has 1 rings (SSSR count). The summed E-state index contributed by atoms with van der Waals surface area (Å²) < 4.78 is 0. The molecular weight excluding hydrogens is 218 g/mol. The van der Waals surface area contributed by atoms with E-state index in [4.69, 9.17) is 5.73 Å². The van der Waals surface area contributed by atoms with Gasteiger partial charge < -0.3 is 11.1 Å². The maximum absolute atomic E-state index is 11.3. The van der Waals surface area contributed by atoms with Crippen LogP contribution in [0.1, 0.15) is 13.8 Å². The Labute approximate surface area is 100 Å². The molecule has 1 aromatic heterocycles. The lowest BCUT2D eigenvalue weighted by Crippen LogP contribution is -2.44. The number of nitrogens with one attached hydrogen (secondary N) is 2. The normalized spacial score (nSPS) is 11.4. The number of urea groups is 1. The lowest BCUT2D eigenvalue weighted by atomic mass is 10.2. The number of hydrogen-bond donors (Lipinski definition) is 3. The van der Waals surface area contributed by atoms with Gasteiger partial charge in [0.05, 0.1) is 11.9 Å². The number of nitrogens with zero attached hydrogens (tertiary/aromatic N) is 2. The van der Waals surface area contributed by atoms with Crippen molar-refractivity contribution in [3.63, 3.8) is 0 Å². The van der Waals surface area contributed by atoms with Crippen LogP contribution in [0, 0.1) is 5.92 Å². The van der Waals surface area contributed by atoms with Gasteiger partial charge in [-0.15, -0.1) is 0 Å². The fourth-order valence-corrected chi connectivity index (χ4v) is 1.04. The van der Waals surface area contributed by atoms with Crippen molar-refractivity contribution in [1.82, 2.24) is 15.6 Å². The number of amides is 2. The highest BCUT2D eigenvalue weighted by molar-refractivity contribution is 5.96. The Morgan fingerprint density at radius 3 is 2.94 bits per heavy atom. The average molecular weight is 235 g/mol. The van der Waals surface area contributed by atoms with Crippen LogP contribution in [0.3, 0.4) is 0 Å². The van der Waals surface area contributed by atoms with E-state index in [2.05, 4.69) is 20.6 Å². The van der Waals surface area contributed by atoms with E-state index in [1.807, 2.05) is 13.8 Å². The fraction of sp³-hybridized carbons (Fsp3) is 0.364. The standard InChI is InChI=1S/C11H17N5O/c1-8(2)6-14-11(17)16-10(12)15-9-4-3-5-13-7-9/h3-5,7-8H,6H2,1-2H3,(H4,12,14,15,16,17). The molecule has 0 saturated heterocycles. The second kappa shape index (κ2) is 6.47. The van der Waals surface area contributed by atoms with Gasteiger partial charge in [0.15, 0.2) is 0 Å². The fourth-order valence-electron chi connectivity index (χ4n) is 1.04. The summed E-state index contributed by atoms with van der Waals surface area (Å²) in [6.07, 6.45) is 3.19. The number of guanidine groups is 1. The zero-order chi connectivity index (χ0) is 12.7. The number of rotatable bonds is 3. The Morgan fingerprint density at radius 2 is 2.35 bits per heavy atom. The predicted octanol–water partition coefficient (Wildman–Crippen LogP) is 0.983. The zero-order valence-corrected chi connectivity index (χ0v) is 9.97. The molecule has 6 heteroatoms. The molecule has 0 spiro atoms. The summed E-state index contributed by atoms with van der Waals surface area (Å²) >= 11 is 0. The van der Waals surface area contributed by atoms with Crippen LogP contribution in [-0.2, 0) is 0 Å². The highest BCUT2D eigenvalue weighted by Crippen LogP contribution is 2.06. The van der Waals surface area contributed by atoms with Gasteiger partial charge in [-0.2, -0.15) is 0 Å². The summed E-state index contributed by atoms with van der Waals surface area (Å²) in [5.74, 6) is 0.427. The molecule has 6 nitrogen and oxygen atoms in total. The molecule has 0 atom stereocenters. The molecule has 92 valence electrons. The summed E-state index contributed by atoms with van der Waals surface area (Å²) in [7, 11) is 0. The van der Waals surface area contributed by atoms with Gasteiger partial charge >= 0.3 is 6.03 Å². The van der Waals surface area contributed by atoms with Crippen LogP contribution in [0.2, 0.25) is 0 Å². The van der Waals surface area contributed by atoms with Crippen LogP contribution in [0.25, 0.3) is 0 Å². The van der Waals surface area contributed by atoms with Crippen LogP contribution < -0.4 is 16.4 Å². The average Bonchev–Trinajstić information content (AvgIpc) is 2.27. The molecule has 0 radical (unpaired) electrons. The van der Waals surface area contributed by atoms with E-state index in [0.717, 1.165) is 0 Å². The second-order valence-electron chi connectivity index (χ2n) is 3.94. The molecule has 2 amide bonds. The largest absolute Gasteiger partial charge is 0.369 e. The monoisotopic (exact) mass is 235 g/mol. The van der Waals surface area contributed by atoms with E-state index >= 15 is 0 Å². The van der Waals surface area contributed by atoms with Crippen molar-refractivity contribution < 1.29 is 4.79 Å². The minimum Gasteiger partial charge on any atom is -0.369 e. The Kier molecular flexibility index (Phi) is 4.93. The third-order valence-electron chi connectivity index (χ3n) is 1.81. The van der Waals surface area contributed by atoms with Gasteiger partial charge in [0.1, 0.15) is 0 Å². The van der Waals surface area contributed by atoms with E-state index in [1.165, 1.54) is 0 Å². The van der Waals surface area contributed by atoms with Gasteiger partial charge in [0, 0.05) is 12.7 Å². The van der Waals surface area contributed by atoms with Gasteiger partial charge in [-0.1, -0.05) is 13.8 Å². The summed E-state index contributed by atoms with van der Waals surface area (Å²) in [4.78, 5) is 19.2. The van der Waals surface area contributed by atoms with Crippen molar-refractivity contribution in [2.45, 2.75) is 13.8 Å². The van der Waals surface area contributed by atoms with E-state index in [1.54, 1.807) is 24.5 Å². The van der Waals surface area contributed by atoms with Crippen molar-refractivity contribution in [2.75, 3.05) is 6.54 Å². The molecule has 0 saturated carbocycles. The lowest BCUT2D eigenvalue weighted by molar-refractivity contribution is 0.244. The zero-order valence-electron chi connectivity index (χ0n) is 9.97. The minimum absolute atomic E-state index is 0.0410. The minimum atomic E-state index is -0.358.